The third-order valence-corrected chi connectivity index (χ3v) is 2.69. The van der Waals surface area contributed by atoms with Crippen LogP contribution in [0.1, 0.15) is 0 Å². The van der Waals surface area contributed by atoms with Crippen LogP contribution in [0.2, 0.25) is 5.15 Å². The first-order valence-corrected chi connectivity index (χ1v) is 5.74. The van der Waals surface area contributed by atoms with Crippen molar-refractivity contribution in [3.05, 3.63) is 53.8 Å². The van der Waals surface area contributed by atoms with Gasteiger partial charge in [0.1, 0.15) is 0 Å². The second kappa shape index (κ2) is 5.12. The molecule has 1 heterocycles. The van der Waals surface area contributed by atoms with Crippen LogP contribution < -0.4 is 10.6 Å². The van der Waals surface area contributed by atoms with Crippen LogP contribution in [0.25, 0.3) is 0 Å². The number of pyridine rings is 1. The van der Waals surface area contributed by atoms with Crippen LogP contribution >= 0.6 is 23.8 Å². The third kappa shape index (κ3) is 2.54. The zero-order valence-corrected chi connectivity index (χ0v) is 10.4. The highest BCUT2D eigenvalue weighted by atomic mass is 35.5. The van der Waals surface area contributed by atoms with Gasteiger partial charge in [-0.1, -0.05) is 29.8 Å². The van der Waals surface area contributed by atoms with E-state index in [2.05, 4.69) is 4.98 Å². The molecule has 0 spiro atoms. The van der Waals surface area contributed by atoms with E-state index in [0.717, 1.165) is 5.69 Å². The smallest absolute Gasteiger partial charge is 0.175 e. The third-order valence-electron chi connectivity index (χ3n) is 2.22. The van der Waals surface area contributed by atoms with Gasteiger partial charge in [0, 0.05) is 11.9 Å². The van der Waals surface area contributed by atoms with Gasteiger partial charge in [0.15, 0.2) is 10.3 Å². The molecule has 2 N–H and O–H groups in total. The summed E-state index contributed by atoms with van der Waals surface area (Å²) >= 11 is 11.1. The van der Waals surface area contributed by atoms with Gasteiger partial charge in [0.05, 0.1) is 5.69 Å². The summed E-state index contributed by atoms with van der Waals surface area (Å²) in [6, 6.07) is 13.2. The molecule has 0 bridgehead atoms. The molecular weight excluding hydrogens is 254 g/mol. The van der Waals surface area contributed by atoms with Crippen molar-refractivity contribution in [2.45, 2.75) is 0 Å². The van der Waals surface area contributed by atoms with Crippen molar-refractivity contribution in [1.82, 2.24) is 4.98 Å². The maximum atomic E-state index is 6.04. The maximum Gasteiger partial charge on any atom is 0.175 e. The molecule has 0 aliphatic carbocycles. The number of hydrogen-bond donors (Lipinski definition) is 1. The topological polar surface area (TPSA) is 42.1 Å². The Morgan fingerprint density at radius 1 is 1.18 bits per heavy atom. The summed E-state index contributed by atoms with van der Waals surface area (Å²) in [6.07, 6.45) is 1.62. The SMILES string of the molecule is NC(=S)N(c1ccccc1)c1cccnc1Cl. The number of hydrogen-bond acceptors (Lipinski definition) is 2. The Labute approximate surface area is 110 Å². The zero-order valence-electron chi connectivity index (χ0n) is 8.88. The molecule has 0 fully saturated rings. The Balaban J connectivity index is 2.51. The normalized spacial score (nSPS) is 9.94. The number of rotatable bonds is 2. The van der Waals surface area contributed by atoms with E-state index in [9.17, 15) is 0 Å². The van der Waals surface area contributed by atoms with Gasteiger partial charge in [-0.3, -0.25) is 4.90 Å². The number of nitrogens with two attached hydrogens (primary N) is 1. The van der Waals surface area contributed by atoms with Crippen molar-refractivity contribution in [3.63, 3.8) is 0 Å². The number of anilines is 2. The predicted octanol–water partition coefficient (Wildman–Crippen LogP) is 3.12. The summed E-state index contributed by atoms with van der Waals surface area (Å²) in [4.78, 5) is 5.70. The minimum atomic E-state index is 0.228. The molecule has 1 aromatic heterocycles. The minimum Gasteiger partial charge on any atom is -0.376 e. The number of halogens is 1. The van der Waals surface area contributed by atoms with Crippen LogP contribution in [-0.4, -0.2) is 10.1 Å². The highest BCUT2D eigenvalue weighted by molar-refractivity contribution is 7.80. The maximum absolute atomic E-state index is 6.04. The molecule has 3 nitrogen and oxygen atoms in total. The van der Waals surface area contributed by atoms with Crippen LogP contribution in [-0.2, 0) is 0 Å². The molecule has 17 heavy (non-hydrogen) atoms. The number of thiocarbonyl (C=S) groups is 1. The molecule has 0 saturated carbocycles. The van der Waals surface area contributed by atoms with Gasteiger partial charge in [-0.15, -0.1) is 0 Å². The predicted molar refractivity (Wildman–Crippen MR) is 74.6 cm³/mol. The molecule has 5 heteroatoms. The molecule has 1 aromatic carbocycles. The van der Waals surface area contributed by atoms with Gasteiger partial charge in [0.2, 0.25) is 0 Å². The highest BCUT2D eigenvalue weighted by Gasteiger charge is 2.15. The summed E-state index contributed by atoms with van der Waals surface area (Å²) in [5.74, 6) is 0. The molecule has 2 aromatic rings. The van der Waals surface area contributed by atoms with Gasteiger partial charge in [-0.25, -0.2) is 4.98 Å². The second-order valence-electron chi connectivity index (χ2n) is 3.32. The number of benzene rings is 1. The van der Waals surface area contributed by atoms with Crippen molar-refractivity contribution in [2.75, 3.05) is 4.90 Å². The van der Waals surface area contributed by atoms with Gasteiger partial charge >= 0.3 is 0 Å². The van der Waals surface area contributed by atoms with E-state index < -0.39 is 0 Å². The molecule has 0 aliphatic rings. The van der Waals surface area contributed by atoms with Crippen LogP contribution in [0.4, 0.5) is 11.4 Å². The molecule has 0 unspecified atom stereocenters. The lowest BCUT2D eigenvalue weighted by molar-refractivity contribution is 1.26. The van der Waals surface area contributed by atoms with Crippen LogP contribution in [0.3, 0.4) is 0 Å². The molecule has 0 aliphatic heterocycles. The minimum absolute atomic E-state index is 0.228. The van der Waals surface area contributed by atoms with Crippen LogP contribution in [0, 0.1) is 0 Å². The Kier molecular flexibility index (Phi) is 3.56. The Hall–Kier alpha value is -1.65. The molecular formula is C12H10ClN3S. The molecule has 0 atom stereocenters. The van der Waals surface area contributed by atoms with Gasteiger partial charge in [0.25, 0.3) is 0 Å². The fourth-order valence-corrected chi connectivity index (χ4v) is 1.91. The summed E-state index contributed by atoms with van der Waals surface area (Å²) in [6.45, 7) is 0. The molecule has 0 amide bonds. The van der Waals surface area contributed by atoms with E-state index in [1.54, 1.807) is 17.2 Å². The monoisotopic (exact) mass is 263 g/mol. The molecule has 86 valence electrons. The largest absolute Gasteiger partial charge is 0.376 e. The van der Waals surface area contributed by atoms with Gasteiger partial charge < -0.3 is 5.73 Å². The van der Waals surface area contributed by atoms with Crippen molar-refractivity contribution in [2.24, 2.45) is 5.73 Å². The Bertz CT molecular complexity index is 530. The van der Waals surface area contributed by atoms with Crippen LogP contribution in [0.15, 0.2) is 48.7 Å². The van der Waals surface area contributed by atoms with E-state index in [-0.39, 0.29) is 5.11 Å². The Morgan fingerprint density at radius 3 is 2.47 bits per heavy atom. The second-order valence-corrected chi connectivity index (χ2v) is 4.10. The summed E-state index contributed by atoms with van der Waals surface area (Å²) < 4.78 is 0. The standard InChI is InChI=1S/C12H10ClN3S/c13-11-10(7-4-8-15-11)16(12(14)17)9-5-2-1-3-6-9/h1-8H,(H2,14,17). The van der Waals surface area contributed by atoms with Crippen molar-refractivity contribution in [1.29, 1.82) is 0 Å². The van der Waals surface area contributed by atoms with Crippen molar-refractivity contribution >= 4 is 40.3 Å². The number of aromatic nitrogens is 1. The first-order valence-electron chi connectivity index (χ1n) is 4.95. The van der Waals surface area contributed by atoms with Crippen molar-refractivity contribution < 1.29 is 0 Å². The fraction of sp³-hybridized carbons (Fsp3) is 0. The summed E-state index contributed by atoms with van der Waals surface area (Å²) in [5, 5.41) is 0.593. The van der Waals surface area contributed by atoms with E-state index in [4.69, 9.17) is 29.6 Å². The number of para-hydroxylation sites is 1. The summed E-state index contributed by atoms with van der Waals surface area (Å²) in [7, 11) is 0. The van der Waals surface area contributed by atoms with Gasteiger partial charge in [-0.05, 0) is 36.5 Å². The Morgan fingerprint density at radius 2 is 1.88 bits per heavy atom. The lowest BCUT2D eigenvalue weighted by atomic mass is 10.2. The van der Waals surface area contributed by atoms with E-state index in [0.29, 0.717) is 10.8 Å². The van der Waals surface area contributed by atoms with Crippen molar-refractivity contribution in [3.8, 4) is 0 Å². The average Bonchev–Trinajstić information content (AvgIpc) is 2.33. The van der Waals surface area contributed by atoms with E-state index >= 15 is 0 Å². The molecule has 0 saturated heterocycles. The first kappa shape index (κ1) is 11.8. The van der Waals surface area contributed by atoms with E-state index in [1.807, 2.05) is 36.4 Å². The molecule has 0 radical (unpaired) electrons. The van der Waals surface area contributed by atoms with Gasteiger partial charge in [-0.2, -0.15) is 0 Å². The highest BCUT2D eigenvalue weighted by Crippen LogP contribution is 2.29. The fourth-order valence-electron chi connectivity index (χ4n) is 1.51. The average molecular weight is 264 g/mol. The van der Waals surface area contributed by atoms with Crippen LogP contribution in [0.5, 0.6) is 0 Å². The van der Waals surface area contributed by atoms with E-state index in [1.165, 1.54) is 0 Å². The lowest BCUT2D eigenvalue weighted by Crippen LogP contribution is -2.31. The first-order chi connectivity index (χ1) is 8.20. The molecule has 2 rings (SSSR count). The lowest BCUT2D eigenvalue weighted by Gasteiger charge is -2.23. The quantitative estimate of drug-likeness (QED) is 0.668. The number of nitrogens with zero attached hydrogens (tertiary/aromatic N) is 2. The zero-order chi connectivity index (χ0) is 12.3. The summed E-state index contributed by atoms with van der Waals surface area (Å²) in [5.41, 5.74) is 7.27.